The van der Waals surface area contributed by atoms with Crippen molar-refractivity contribution in [3.63, 3.8) is 0 Å². The predicted octanol–water partition coefficient (Wildman–Crippen LogP) is 4.63. The summed E-state index contributed by atoms with van der Waals surface area (Å²) in [4.78, 5) is 0. The van der Waals surface area contributed by atoms with E-state index in [1.165, 1.54) is 5.56 Å². The highest BCUT2D eigenvalue weighted by Gasteiger charge is 2.03. The molecule has 3 heteroatoms. The van der Waals surface area contributed by atoms with Gasteiger partial charge in [0.05, 0.1) is 6.61 Å². The molecule has 0 fully saturated rings. The third-order valence-corrected chi connectivity index (χ3v) is 3.08. The van der Waals surface area contributed by atoms with E-state index in [2.05, 4.69) is 0 Å². The SMILES string of the molecule is CCOc1cccc(OCc2cc(C)ccc2Cl)c1. The molecule has 0 N–H and O–H groups in total. The van der Waals surface area contributed by atoms with Crippen molar-refractivity contribution in [2.24, 2.45) is 0 Å². The van der Waals surface area contributed by atoms with E-state index in [-0.39, 0.29) is 0 Å². The Hall–Kier alpha value is -1.67. The molecule has 0 aliphatic heterocycles. The van der Waals surface area contributed by atoms with E-state index < -0.39 is 0 Å². The van der Waals surface area contributed by atoms with Crippen molar-refractivity contribution in [2.75, 3.05) is 6.61 Å². The van der Waals surface area contributed by atoms with Gasteiger partial charge in [-0.1, -0.05) is 35.4 Å². The Morgan fingerprint density at radius 2 is 1.74 bits per heavy atom. The molecule has 0 spiro atoms. The standard InChI is InChI=1S/C16H17ClO2/c1-3-18-14-5-4-6-15(10-14)19-11-13-9-12(2)7-8-16(13)17/h4-10H,3,11H2,1-2H3. The van der Waals surface area contributed by atoms with Crippen LogP contribution < -0.4 is 9.47 Å². The van der Waals surface area contributed by atoms with Crippen molar-refractivity contribution in [3.8, 4) is 11.5 Å². The Labute approximate surface area is 118 Å². The van der Waals surface area contributed by atoms with E-state index in [4.69, 9.17) is 21.1 Å². The number of halogens is 1. The summed E-state index contributed by atoms with van der Waals surface area (Å²) in [7, 11) is 0. The van der Waals surface area contributed by atoms with E-state index >= 15 is 0 Å². The maximum absolute atomic E-state index is 6.14. The minimum atomic E-state index is 0.454. The Balaban J connectivity index is 2.05. The fraction of sp³-hybridized carbons (Fsp3) is 0.250. The van der Waals surface area contributed by atoms with E-state index in [9.17, 15) is 0 Å². The number of benzene rings is 2. The first kappa shape index (κ1) is 13.8. The average molecular weight is 277 g/mol. The molecule has 2 aromatic carbocycles. The zero-order chi connectivity index (χ0) is 13.7. The first-order valence-corrected chi connectivity index (χ1v) is 6.67. The summed E-state index contributed by atoms with van der Waals surface area (Å²) in [6.07, 6.45) is 0. The first-order chi connectivity index (χ1) is 9.19. The lowest BCUT2D eigenvalue weighted by Crippen LogP contribution is -1.98. The molecule has 0 aromatic heterocycles. The number of aryl methyl sites for hydroxylation is 1. The monoisotopic (exact) mass is 276 g/mol. The largest absolute Gasteiger partial charge is 0.494 e. The Kier molecular flexibility index (Phi) is 4.69. The van der Waals surface area contributed by atoms with Gasteiger partial charge in [-0.2, -0.15) is 0 Å². The highest BCUT2D eigenvalue weighted by molar-refractivity contribution is 6.31. The minimum Gasteiger partial charge on any atom is -0.494 e. The quantitative estimate of drug-likeness (QED) is 0.793. The lowest BCUT2D eigenvalue weighted by molar-refractivity contribution is 0.299. The zero-order valence-corrected chi connectivity index (χ0v) is 11.9. The number of ether oxygens (including phenoxy) is 2. The van der Waals surface area contributed by atoms with E-state index in [1.807, 2.05) is 56.3 Å². The highest BCUT2D eigenvalue weighted by Crippen LogP contribution is 2.23. The van der Waals surface area contributed by atoms with Gasteiger partial charge < -0.3 is 9.47 Å². The van der Waals surface area contributed by atoms with Crippen LogP contribution in [0.15, 0.2) is 42.5 Å². The van der Waals surface area contributed by atoms with Gasteiger partial charge in [0, 0.05) is 16.7 Å². The van der Waals surface area contributed by atoms with Crippen molar-refractivity contribution >= 4 is 11.6 Å². The number of rotatable bonds is 5. The zero-order valence-electron chi connectivity index (χ0n) is 11.2. The summed E-state index contributed by atoms with van der Waals surface area (Å²) in [5, 5.41) is 0.728. The molecule has 0 amide bonds. The van der Waals surface area contributed by atoms with Crippen LogP contribution in [-0.4, -0.2) is 6.61 Å². The summed E-state index contributed by atoms with van der Waals surface area (Å²) in [6.45, 7) is 5.10. The van der Waals surface area contributed by atoms with Crippen molar-refractivity contribution in [1.29, 1.82) is 0 Å². The van der Waals surface area contributed by atoms with Gasteiger partial charge in [-0.05, 0) is 32.0 Å². The fourth-order valence-corrected chi connectivity index (χ4v) is 1.97. The molecule has 2 aromatic rings. The van der Waals surface area contributed by atoms with E-state index in [1.54, 1.807) is 0 Å². The van der Waals surface area contributed by atoms with Gasteiger partial charge in [0.1, 0.15) is 18.1 Å². The highest BCUT2D eigenvalue weighted by atomic mass is 35.5. The summed E-state index contributed by atoms with van der Waals surface area (Å²) in [6, 6.07) is 13.5. The lowest BCUT2D eigenvalue weighted by atomic mass is 10.1. The molecule has 0 radical (unpaired) electrons. The molecule has 0 saturated carbocycles. The number of hydrogen-bond acceptors (Lipinski definition) is 2. The van der Waals surface area contributed by atoms with Crippen LogP contribution in [0.3, 0.4) is 0 Å². The summed E-state index contributed by atoms with van der Waals surface area (Å²) in [5.41, 5.74) is 2.16. The fourth-order valence-electron chi connectivity index (χ4n) is 1.80. The average Bonchev–Trinajstić information content (AvgIpc) is 2.41. The van der Waals surface area contributed by atoms with Crippen LogP contribution in [0.25, 0.3) is 0 Å². The lowest BCUT2D eigenvalue weighted by Gasteiger charge is -2.10. The van der Waals surface area contributed by atoms with E-state index in [0.717, 1.165) is 22.1 Å². The molecule has 0 saturated heterocycles. The third-order valence-electron chi connectivity index (χ3n) is 2.71. The molecule has 100 valence electrons. The van der Waals surface area contributed by atoms with Gasteiger partial charge in [0.15, 0.2) is 0 Å². The maximum Gasteiger partial charge on any atom is 0.123 e. The summed E-state index contributed by atoms with van der Waals surface area (Å²) < 4.78 is 11.2. The summed E-state index contributed by atoms with van der Waals surface area (Å²) in [5.74, 6) is 1.60. The smallest absolute Gasteiger partial charge is 0.123 e. The van der Waals surface area contributed by atoms with Crippen LogP contribution in [0.1, 0.15) is 18.1 Å². The maximum atomic E-state index is 6.14. The van der Waals surface area contributed by atoms with Crippen LogP contribution in [0, 0.1) is 6.92 Å². The van der Waals surface area contributed by atoms with Crippen LogP contribution in [-0.2, 0) is 6.61 Å². The molecule has 2 nitrogen and oxygen atoms in total. The Bertz CT molecular complexity index is 552. The number of hydrogen-bond donors (Lipinski definition) is 0. The molecule has 0 bridgehead atoms. The molecule has 0 aliphatic carbocycles. The molecule has 0 aliphatic rings. The third kappa shape index (κ3) is 3.90. The normalized spacial score (nSPS) is 10.3. The van der Waals surface area contributed by atoms with Gasteiger partial charge >= 0.3 is 0 Å². The minimum absolute atomic E-state index is 0.454. The second kappa shape index (κ2) is 6.48. The predicted molar refractivity (Wildman–Crippen MR) is 78.1 cm³/mol. The Morgan fingerprint density at radius 3 is 2.47 bits per heavy atom. The van der Waals surface area contributed by atoms with Crippen LogP contribution in [0.4, 0.5) is 0 Å². The Morgan fingerprint density at radius 1 is 1.00 bits per heavy atom. The second-order valence-electron chi connectivity index (χ2n) is 4.29. The van der Waals surface area contributed by atoms with Crippen LogP contribution in [0.5, 0.6) is 11.5 Å². The molecular weight excluding hydrogens is 260 g/mol. The van der Waals surface area contributed by atoms with Gasteiger partial charge in [0.25, 0.3) is 0 Å². The molecular formula is C16H17ClO2. The molecule has 0 unspecified atom stereocenters. The molecule has 19 heavy (non-hydrogen) atoms. The van der Waals surface area contributed by atoms with Crippen molar-refractivity contribution in [3.05, 3.63) is 58.6 Å². The molecule has 0 atom stereocenters. The van der Waals surface area contributed by atoms with Crippen molar-refractivity contribution in [2.45, 2.75) is 20.5 Å². The van der Waals surface area contributed by atoms with Gasteiger partial charge in [0.2, 0.25) is 0 Å². The molecule has 2 rings (SSSR count). The van der Waals surface area contributed by atoms with Crippen molar-refractivity contribution < 1.29 is 9.47 Å². The van der Waals surface area contributed by atoms with E-state index in [0.29, 0.717) is 13.2 Å². The van der Waals surface area contributed by atoms with Gasteiger partial charge in [-0.3, -0.25) is 0 Å². The van der Waals surface area contributed by atoms with Crippen molar-refractivity contribution in [1.82, 2.24) is 0 Å². The van der Waals surface area contributed by atoms with Crippen LogP contribution >= 0.6 is 11.6 Å². The topological polar surface area (TPSA) is 18.5 Å². The van der Waals surface area contributed by atoms with Gasteiger partial charge in [-0.25, -0.2) is 0 Å². The molecule has 0 heterocycles. The first-order valence-electron chi connectivity index (χ1n) is 6.29. The van der Waals surface area contributed by atoms with Gasteiger partial charge in [-0.15, -0.1) is 0 Å². The second-order valence-corrected chi connectivity index (χ2v) is 4.70. The van der Waals surface area contributed by atoms with Crippen LogP contribution in [0.2, 0.25) is 5.02 Å². The summed E-state index contributed by atoms with van der Waals surface area (Å²) >= 11 is 6.14.